The van der Waals surface area contributed by atoms with E-state index >= 15 is 0 Å². The van der Waals surface area contributed by atoms with Gasteiger partial charge >= 0.3 is 0 Å². The molecule has 6 heteroatoms. The van der Waals surface area contributed by atoms with E-state index in [-0.39, 0.29) is 11.2 Å². The summed E-state index contributed by atoms with van der Waals surface area (Å²) in [6.45, 7) is 6.25. The number of benzene rings is 1. The second-order valence-electron chi connectivity index (χ2n) is 5.68. The van der Waals surface area contributed by atoms with Crippen molar-refractivity contribution in [3.8, 4) is 0 Å². The molecule has 0 bridgehead atoms. The summed E-state index contributed by atoms with van der Waals surface area (Å²) in [6, 6.07) is 12.2. The van der Waals surface area contributed by atoms with Gasteiger partial charge in [0.1, 0.15) is 0 Å². The summed E-state index contributed by atoms with van der Waals surface area (Å²) in [6.07, 6.45) is 4.11. The quantitative estimate of drug-likeness (QED) is 0.437. The van der Waals surface area contributed by atoms with Crippen LogP contribution >= 0.6 is 23.1 Å². The van der Waals surface area contributed by atoms with Crippen molar-refractivity contribution in [2.45, 2.75) is 18.6 Å². The molecule has 0 saturated carbocycles. The Kier molecular flexibility index (Phi) is 5.83. The predicted octanol–water partition coefficient (Wildman–Crippen LogP) is 4.12. The lowest BCUT2D eigenvalue weighted by Crippen LogP contribution is -2.32. The third-order valence-electron chi connectivity index (χ3n) is 3.71. The first-order valence-electron chi connectivity index (χ1n) is 7.96. The number of amides is 1. The number of thioether (sulfide) groups is 1. The van der Waals surface area contributed by atoms with Gasteiger partial charge in [-0.3, -0.25) is 9.69 Å². The average molecular weight is 370 g/mol. The normalized spacial score (nSPS) is 19.2. The SMILES string of the molecule is C=CCN1C(=O)C(Cc2cccc(C)c2)S/C1=N/N=C/c1cccs1. The Morgan fingerprint density at radius 2 is 2.20 bits per heavy atom. The summed E-state index contributed by atoms with van der Waals surface area (Å²) in [5.41, 5.74) is 2.36. The zero-order chi connectivity index (χ0) is 17.6. The molecular formula is C19H19N3OS2. The topological polar surface area (TPSA) is 45.0 Å². The average Bonchev–Trinajstić information content (AvgIpc) is 3.20. The van der Waals surface area contributed by atoms with Crippen LogP contribution in [0.1, 0.15) is 16.0 Å². The molecule has 0 N–H and O–H groups in total. The number of thiophene rings is 1. The molecule has 1 saturated heterocycles. The molecule has 1 fully saturated rings. The highest BCUT2D eigenvalue weighted by Gasteiger charge is 2.37. The molecule has 2 heterocycles. The van der Waals surface area contributed by atoms with Crippen molar-refractivity contribution in [3.05, 3.63) is 70.4 Å². The molecule has 1 unspecified atom stereocenters. The maximum Gasteiger partial charge on any atom is 0.242 e. The van der Waals surface area contributed by atoms with E-state index in [0.717, 1.165) is 10.4 Å². The fourth-order valence-corrected chi connectivity index (χ4v) is 4.29. The standard InChI is InChI=1S/C19H19N3OS2/c1-3-9-22-18(23)17(12-15-7-4-6-14(2)11-15)25-19(22)21-20-13-16-8-5-10-24-16/h3-8,10-11,13,17H,1,9,12H2,2H3/b20-13+,21-19+. The van der Waals surface area contributed by atoms with Crippen LogP contribution in [0, 0.1) is 6.92 Å². The molecule has 1 aromatic carbocycles. The van der Waals surface area contributed by atoms with Gasteiger partial charge in [0.15, 0.2) is 5.17 Å². The highest BCUT2D eigenvalue weighted by atomic mass is 32.2. The van der Waals surface area contributed by atoms with Crippen LogP contribution in [0.25, 0.3) is 0 Å². The molecule has 1 aliphatic heterocycles. The van der Waals surface area contributed by atoms with E-state index in [4.69, 9.17) is 0 Å². The number of aryl methyl sites for hydroxylation is 1. The maximum absolute atomic E-state index is 12.7. The van der Waals surface area contributed by atoms with Crippen molar-refractivity contribution < 1.29 is 4.79 Å². The van der Waals surface area contributed by atoms with E-state index in [2.05, 4.69) is 41.9 Å². The second kappa shape index (κ2) is 8.27. The van der Waals surface area contributed by atoms with Crippen LogP contribution in [-0.4, -0.2) is 34.0 Å². The van der Waals surface area contributed by atoms with E-state index in [1.807, 2.05) is 23.6 Å². The maximum atomic E-state index is 12.7. The van der Waals surface area contributed by atoms with Crippen LogP contribution < -0.4 is 0 Å². The highest BCUT2D eigenvalue weighted by molar-refractivity contribution is 8.15. The summed E-state index contributed by atoms with van der Waals surface area (Å²) in [4.78, 5) is 15.4. The molecule has 1 aliphatic rings. The molecule has 1 atom stereocenters. The van der Waals surface area contributed by atoms with Gasteiger partial charge in [0, 0.05) is 11.4 Å². The van der Waals surface area contributed by atoms with Crippen LogP contribution in [0.15, 0.2) is 64.6 Å². The van der Waals surface area contributed by atoms with Gasteiger partial charge in [0.2, 0.25) is 5.91 Å². The van der Waals surface area contributed by atoms with Crippen molar-refractivity contribution in [3.63, 3.8) is 0 Å². The van der Waals surface area contributed by atoms with Gasteiger partial charge in [-0.05, 0) is 30.4 Å². The van der Waals surface area contributed by atoms with Crippen LogP contribution in [0.2, 0.25) is 0 Å². The second-order valence-corrected chi connectivity index (χ2v) is 7.83. The molecule has 2 aromatic rings. The number of rotatable bonds is 6. The van der Waals surface area contributed by atoms with E-state index in [1.165, 1.54) is 17.3 Å². The highest BCUT2D eigenvalue weighted by Crippen LogP contribution is 2.30. The molecular weight excluding hydrogens is 350 g/mol. The molecule has 0 aliphatic carbocycles. The monoisotopic (exact) mass is 369 g/mol. The molecule has 4 nitrogen and oxygen atoms in total. The molecule has 0 spiro atoms. The lowest BCUT2D eigenvalue weighted by Gasteiger charge is -2.13. The van der Waals surface area contributed by atoms with Crippen LogP contribution in [0.5, 0.6) is 0 Å². The fraction of sp³-hybridized carbons (Fsp3) is 0.211. The van der Waals surface area contributed by atoms with Crippen LogP contribution in [0.3, 0.4) is 0 Å². The van der Waals surface area contributed by atoms with Gasteiger partial charge in [0.05, 0.1) is 11.5 Å². The Morgan fingerprint density at radius 3 is 2.92 bits per heavy atom. The van der Waals surface area contributed by atoms with Gasteiger partial charge in [0.25, 0.3) is 0 Å². The molecule has 3 rings (SSSR count). The Labute approximate surface area is 156 Å². The van der Waals surface area contributed by atoms with Crippen LogP contribution in [0.4, 0.5) is 0 Å². The Hall–Kier alpha value is -2.18. The van der Waals surface area contributed by atoms with Crippen LogP contribution in [-0.2, 0) is 11.2 Å². The Morgan fingerprint density at radius 1 is 1.32 bits per heavy atom. The summed E-state index contributed by atoms with van der Waals surface area (Å²) in [5, 5.41) is 10.9. The van der Waals surface area contributed by atoms with E-state index in [0.29, 0.717) is 18.1 Å². The fourth-order valence-electron chi connectivity index (χ4n) is 2.57. The van der Waals surface area contributed by atoms with Crippen molar-refractivity contribution >= 4 is 40.4 Å². The summed E-state index contributed by atoms with van der Waals surface area (Å²) >= 11 is 3.07. The van der Waals surface area contributed by atoms with E-state index in [9.17, 15) is 4.79 Å². The van der Waals surface area contributed by atoms with Crippen molar-refractivity contribution in [1.29, 1.82) is 0 Å². The first kappa shape index (κ1) is 17.6. The van der Waals surface area contributed by atoms with Crippen molar-refractivity contribution in [2.24, 2.45) is 10.2 Å². The van der Waals surface area contributed by atoms with E-state index in [1.54, 1.807) is 28.5 Å². The summed E-state index contributed by atoms with van der Waals surface area (Å²) < 4.78 is 0. The molecule has 1 aromatic heterocycles. The smallest absolute Gasteiger partial charge is 0.242 e. The van der Waals surface area contributed by atoms with Gasteiger partial charge in [-0.2, -0.15) is 5.10 Å². The van der Waals surface area contributed by atoms with Gasteiger partial charge in [-0.1, -0.05) is 53.7 Å². The number of amidine groups is 1. The predicted molar refractivity (Wildman–Crippen MR) is 108 cm³/mol. The zero-order valence-corrected chi connectivity index (χ0v) is 15.6. The minimum absolute atomic E-state index is 0.0662. The third-order valence-corrected chi connectivity index (χ3v) is 5.68. The first-order valence-corrected chi connectivity index (χ1v) is 9.72. The van der Waals surface area contributed by atoms with E-state index < -0.39 is 0 Å². The molecule has 0 radical (unpaired) electrons. The molecule has 128 valence electrons. The number of hydrogen-bond acceptors (Lipinski definition) is 5. The first-order chi connectivity index (χ1) is 12.2. The van der Waals surface area contributed by atoms with Gasteiger partial charge in [-0.25, -0.2) is 0 Å². The Bertz CT molecular complexity index is 812. The number of carbonyl (C=O) groups is 1. The largest absolute Gasteiger partial charge is 0.285 e. The Balaban J connectivity index is 1.76. The zero-order valence-electron chi connectivity index (χ0n) is 14.0. The minimum Gasteiger partial charge on any atom is -0.285 e. The van der Waals surface area contributed by atoms with Crippen molar-refractivity contribution in [1.82, 2.24) is 4.90 Å². The third kappa shape index (κ3) is 4.46. The van der Waals surface area contributed by atoms with Gasteiger partial charge in [-0.15, -0.1) is 23.0 Å². The molecule has 25 heavy (non-hydrogen) atoms. The van der Waals surface area contributed by atoms with Crippen molar-refractivity contribution in [2.75, 3.05) is 6.54 Å². The summed E-state index contributed by atoms with van der Waals surface area (Å²) in [5.74, 6) is 0.0662. The minimum atomic E-state index is -0.169. The lowest BCUT2D eigenvalue weighted by molar-refractivity contribution is -0.125. The van der Waals surface area contributed by atoms with Gasteiger partial charge < -0.3 is 0 Å². The lowest BCUT2D eigenvalue weighted by atomic mass is 10.1. The summed E-state index contributed by atoms with van der Waals surface area (Å²) in [7, 11) is 0. The number of nitrogens with zero attached hydrogens (tertiary/aromatic N) is 3. The number of hydrogen-bond donors (Lipinski definition) is 0. The number of carbonyl (C=O) groups excluding carboxylic acids is 1. The molecule has 1 amide bonds.